The van der Waals surface area contributed by atoms with E-state index in [1.807, 2.05) is 0 Å². The summed E-state index contributed by atoms with van der Waals surface area (Å²) in [6.45, 7) is 0. The van der Waals surface area contributed by atoms with Gasteiger partial charge in [-0.25, -0.2) is 0 Å². The summed E-state index contributed by atoms with van der Waals surface area (Å²) in [6.07, 6.45) is 0. The quantitative estimate of drug-likeness (QED) is 0.406. The number of hydrogen-bond donors (Lipinski definition) is 1. The molecule has 42 valence electrons. The Bertz CT molecular complexity index is 15.7. The molecule has 1 N–H and O–H groups in total. The van der Waals surface area contributed by atoms with Gasteiger partial charge in [-0.15, -0.1) is 12.4 Å². The zero-order valence-corrected chi connectivity index (χ0v) is 3.62. The molecule has 0 spiro atoms. The molecule has 0 heterocycles. The molecule has 0 fully saturated rings. The Labute approximate surface area is 110 Å². The van der Waals surface area contributed by atoms with Crippen molar-refractivity contribution in [3.05, 3.63) is 0 Å². The molecule has 0 aliphatic heterocycles. The molecular weight excluding hydrogens is 199 g/mol. The van der Waals surface area contributed by atoms with Gasteiger partial charge in [-0.2, -0.15) is 0 Å². The summed E-state index contributed by atoms with van der Waals surface area (Å²) in [7, 11) is -2.60. The van der Waals surface area contributed by atoms with Crippen LogP contribution in [0, 0.1) is 10.8 Å². The molecule has 0 rings (SSSR count). The molecule has 0 aromatic rings. The van der Waals surface area contributed by atoms with Gasteiger partial charge in [-0.1, -0.05) is 0 Å². The summed E-state index contributed by atoms with van der Waals surface area (Å²) in [5.41, 5.74) is 0. The first-order valence-electron chi connectivity index (χ1n) is 0.478. The van der Waals surface area contributed by atoms with Crippen LogP contribution in [0.2, 0.25) is 0 Å². The second-order valence-corrected chi connectivity index (χ2v) is 0.603. The summed E-state index contributed by atoms with van der Waals surface area (Å²) in [5, 5.41) is 0. The molecule has 0 aliphatic carbocycles. The van der Waals surface area contributed by atoms with Crippen molar-refractivity contribution in [2.45, 2.75) is 0 Å². The van der Waals surface area contributed by atoms with E-state index >= 15 is 0 Å². The van der Waals surface area contributed by atoms with Gasteiger partial charge in [0.2, 0.25) is 0 Å². The van der Waals surface area contributed by atoms with Crippen LogP contribution in [-0.4, -0.2) is 80.1 Å². The van der Waals surface area contributed by atoms with E-state index in [-0.39, 0.29) is 87.9 Å². The van der Waals surface area contributed by atoms with Crippen molar-refractivity contribution in [3.63, 3.8) is 0 Å². The molecule has 3 nitrogen and oxygen atoms in total. The molecule has 0 radical (unpaired) electrons. The molecule has 7 heteroatoms. The van der Waals surface area contributed by atoms with Gasteiger partial charge in [-0.05, 0) is 0 Å². The minimum Gasteiger partial charge on any atom is -0.321 e. The Morgan fingerprint density at radius 2 is 1.14 bits per heavy atom. The van der Waals surface area contributed by atoms with Crippen molar-refractivity contribution in [2.24, 2.45) is 0 Å². The average molecular weight is 205 g/mol. The predicted octanol–water partition coefficient (Wildman–Crippen LogP) is -4.35. The second kappa shape index (κ2) is 16.0. The molecule has 0 bridgehead atoms. The molecule has 0 atom stereocenters. The molecule has 0 saturated carbocycles. The summed E-state index contributed by atoms with van der Waals surface area (Å²) in [6, 6.07) is 0. The minimum atomic E-state index is -2.60. The zero-order chi connectivity index (χ0) is 3.58. The zero-order valence-electron chi connectivity index (χ0n) is 2.05. The van der Waals surface area contributed by atoms with Crippen LogP contribution < -0.4 is 9.32 Å². The molecule has 0 aromatic carbocycles. The predicted molar refractivity (Wildman–Crippen MR) is 26.6 cm³/mol. The first-order valence-corrected chi connectivity index (χ1v) is 1.43. The fourth-order valence-electron chi connectivity index (χ4n) is 0. The Morgan fingerprint density at radius 1 is 1.14 bits per heavy atom. The van der Waals surface area contributed by atoms with Crippen LogP contribution in [0.25, 0.3) is 0 Å². The van der Waals surface area contributed by atoms with Crippen molar-refractivity contribution < 1.29 is 24.8 Å². The third kappa shape index (κ3) is 49.3. The standard InChI is InChI=1S/2Ca.ClHO3.ClH.4H/c;;2-1(3)4;;;;;/h;;2H;1H;;;;. The summed E-state index contributed by atoms with van der Waals surface area (Å²) < 4.78 is 24.0. The van der Waals surface area contributed by atoms with Crippen LogP contribution >= 0.6 is 12.4 Å². The first-order chi connectivity index (χ1) is 1.73. The monoisotopic (exact) mass is 204 g/mol. The van der Waals surface area contributed by atoms with Crippen molar-refractivity contribution in [2.75, 3.05) is 0 Å². The maximum atomic E-state index is 8.52. The maximum absolute atomic E-state index is 8.52. The van der Waals surface area contributed by atoms with E-state index in [1.165, 1.54) is 0 Å². The summed E-state index contributed by atoms with van der Waals surface area (Å²) >= 11 is 0. The van der Waals surface area contributed by atoms with Gasteiger partial charge in [0, 0.05) is 4.66 Å². The second-order valence-electron chi connectivity index (χ2n) is 0.201. The summed E-state index contributed by atoms with van der Waals surface area (Å²) in [4.78, 5) is 0. The Balaban J connectivity index is -0.0000000150. The Morgan fingerprint density at radius 3 is 1.14 bits per heavy atom. The molecular formula is H6Ca2Cl2O3. The van der Waals surface area contributed by atoms with Crippen LogP contribution in [0.5, 0.6) is 0 Å². The average Bonchev–Trinajstić information content (AvgIpc) is 0.811. The van der Waals surface area contributed by atoms with E-state index in [4.69, 9.17) is 14.0 Å². The molecule has 0 unspecified atom stereocenters. The fraction of sp³-hybridized carbons (Fsp3) is 0. The van der Waals surface area contributed by atoms with Crippen LogP contribution in [0.15, 0.2) is 0 Å². The van der Waals surface area contributed by atoms with Crippen LogP contribution in [0.4, 0.5) is 0 Å². The number of hydrogen-bond acceptors (Lipinski definition) is 3. The van der Waals surface area contributed by atoms with E-state index in [2.05, 4.69) is 0 Å². The molecule has 0 saturated heterocycles. The van der Waals surface area contributed by atoms with Crippen molar-refractivity contribution in [1.29, 1.82) is 0 Å². The summed E-state index contributed by atoms with van der Waals surface area (Å²) in [5.74, 6) is 0. The van der Waals surface area contributed by atoms with Crippen molar-refractivity contribution in [1.82, 2.24) is 0 Å². The topological polar surface area (TPSA) is 66.3 Å². The SMILES string of the molecule is Cl.[CaH2].[CaH2].[O-][Cl+2]([O-])O. The van der Waals surface area contributed by atoms with E-state index < -0.39 is 10.8 Å². The maximum Gasteiger partial charge on any atom is 0.282 e. The van der Waals surface area contributed by atoms with E-state index in [0.29, 0.717) is 0 Å². The van der Waals surface area contributed by atoms with Gasteiger partial charge in [-0.3, -0.25) is 0 Å². The van der Waals surface area contributed by atoms with E-state index in [1.54, 1.807) is 0 Å². The van der Waals surface area contributed by atoms with Gasteiger partial charge in [0.25, 0.3) is 10.8 Å². The molecule has 0 amide bonds. The minimum absolute atomic E-state index is 0. The smallest absolute Gasteiger partial charge is 0.282 e. The third-order valence-electron chi connectivity index (χ3n) is 0. The van der Waals surface area contributed by atoms with Gasteiger partial charge in [0.15, 0.2) is 0 Å². The Kier molecular flexibility index (Phi) is 51.4. The van der Waals surface area contributed by atoms with Gasteiger partial charge >= 0.3 is 75.5 Å². The molecule has 0 aromatic heterocycles. The van der Waals surface area contributed by atoms with Crippen LogP contribution in [0.1, 0.15) is 0 Å². The van der Waals surface area contributed by atoms with Crippen LogP contribution in [0.3, 0.4) is 0 Å². The first kappa shape index (κ1) is 22.5. The molecule has 0 aliphatic rings. The largest absolute Gasteiger partial charge is 0.321 e. The van der Waals surface area contributed by atoms with Crippen molar-refractivity contribution in [3.8, 4) is 0 Å². The van der Waals surface area contributed by atoms with Crippen molar-refractivity contribution >= 4 is 87.9 Å². The number of rotatable bonds is 0. The third-order valence-corrected chi connectivity index (χ3v) is 0. The van der Waals surface area contributed by atoms with E-state index in [9.17, 15) is 0 Å². The van der Waals surface area contributed by atoms with Crippen LogP contribution in [-0.2, 0) is 0 Å². The fourth-order valence-corrected chi connectivity index (χ4v) is 0. The molecule has 7 heavy (non-hydrogen) atoms. The van der Waals surface area contributed by atoms with Gasteiger partial charge in [0.1, 0.15) is 0 Å². The number of halogens is 2. The van der Waals surface area contributed by atoms with E-state index in [0.717, 1.165) is 0 Å². The van der Waals surface area contributed by atoms with Gasteiger partial charge in [0.05, 0.1) is 0 Å². The Hall–Kier alpha value is 2.98. The van der Waals surface area contributed by atoms with Gasteiger partial charge < -0.3 is 9.32 Å². The normalized spacial score (nSPS) is 5.14.